The summed E-state index contributed by atoms with van der Waals surface area (Å²) in [5.41, 5.74) is 0. The summed E-state index contributed by atoms with van der Waals surface area (Å²) in [5, 5.41) is 6.37. The monoisotopic (exact) mass is 277 g/mol. The lowest BCUT2D eigenvalue weighted by Crippen LogP contribution is -2.49. The van der Waals surface area contributed by atoms with Gasteiger partial charge >= 0.3 is 15.2 Å². The van der Waals surface area contributed by atoms with E-state index < -0.39 is 26.3 Å². The summed E-state index contributed by atoms with van der Waals surface area (Å²) in [6.07, 6.45) is -0.0281. The normalized spacial score (nSPS) is 16.6. The fraction of sp³-hybridized carbons (Fsp3) is 1.00. The molecule has 0 aliphatic heterocycles. The maximum Gasteiger partial charge on any atom is 0.371 e. The van der Waals surface area contributed by atoms with Crippen molar-refractivity contribution in [1.82, 2.24) is 4.90 Å². The molecule has 1 unspecified atom stereocenters. The Balaban J connectivity index is 5.78. The second-order valence-electron chi connectivity index (χ2n) is 3.66. The van der Waals surface area contributed by atoms with Crippen LogP contribution in [0.3, 0.4) is 0 Å². The number of nitrogens with zero attached hydrogens (tertiary/aromatic N) is 1. The molecule has 0 spiro atoms. The maximum absolute atomic E-state index is 11.1. The highest BCUT2D eigenvalue weighted by Crippen LogP contribution is 2.69. The highest BCUT2D eigenvalue weighted by atomic mass is 31.2. The first-order valence-corrected chi connectivity index (χ1v) is 7.62. The van der Waals surface area contributed by atoms with Crippen molar-refractivity contribution in [3.8, 4) is 0 Å². The summed E-state index contributed by atoms with van der Waals surface area (Å²) in [7, 11) is -8.04. The van der Waals surface area contributed by atoms with Crippen molar-refractivity contribution >= 4 is 15.2 Å². The number of likely N-dealkylation sites (N-methyl/N-ethyl adjacent to an activating group) is 1. The summed E-state index contributed by atoms with van der Waals surface area (Å²) in [6.45, 7) is 1.46. The first-order chi connectivity index (χ1) is 6.89. The topological polar surface area (TPSA) is 139 Å². The van der Waals surface area contributed by atoms with Gasteiger partial charge in [-0.3, -0.25) is 9.13 Å². The zero-order valence-electron chi connectivity index (χ0n) is 9.18. The summed E-state index contributed by atoms with van der Waals surface area (Å²) < 4.78 is 22.3. The van der Waals surface area contributed by atoms with Crippen LogP contribution in [0.5, 0.6) is 0 Å². The van der Waals surface area contributed by atoms with E-state index in [0.717, 1.165) is 4.90 Å². The first kappa shape index (κ1) is 16.2. The van der Waals surface area contributed by atoms with Gasteiger partial charge in [-0.2, -0.15) is 0 Å². The van der Waals surface area contributed by atoms with E-state index in [4.69, 9.17) is 19.6 Å². The number of hydrogen-bond acceptors (Lipinski definition) is 4. The Labute approximate surface area is 93.2 Å². The minimum atomic E-state index is -5.39. The smallest absolute Gasteiger partial charge is 0.366 e. The average molecular weight is 277 g/mol. The summed E-state index contributed by atoms with van der Waals surface area (Å²) in [6, 6.07) is -1.35. The highest BCUT2D eigenvalue weighted by molar-refractivity contribution is 7.72. The van der Waals surface area contributed by atoms with Crippen LogP contribution in [0.15, 0.2) is 0 Å². The van der Waals surface area contributed by atoms with Gasteiger partial charge in [0.15, 0.2) is 0 Å². The van der Waals surface area contributed by atoms with E-state index in [1.807, 2.05) is 0 Å². The molecule has 0 rings (SSSR count). The van der Waals surface area contributed by atoms with Crippen molar-refractivity contribution < 1.29 is 33.8 Å². The molecule has 1 atom stereocenters. The van der Waals surface area contributed by atoms with Crippen molar-refractivity contribution in [3.05, 3.63) is 0 Å². The molecule has 0 saturated carbocycles. The van der Waals surface area contributed by atoms with Gasteiger partial charge in [-0.15, -0.1) is 0 Å². The molecule has 0 heterocycles. The van der Waals surface area contributed by atoms with E-state index in [0.29, 0.717) is 0 Å². The van der Waals surface area contributed by atoms with E-state index >= 15 is 0 Å². The fourth-order valence-corrected chi connectivity index (χ4v) is 4.50. The largest absolute Gasteiger partial charge is 0.371 e. The van der Waals surface area contributed by atoms with Gasteiger partial charge in [0.05, 0.1) is 6.04 Å². The molecule has 0 amide bonds. The van der Waals surface area contributed by atoms with Crippen LogP contribution in [0.2, 0.25) is 0 Å². The van der Waals surface area contributed by atoms with E-state index in [1.54, 1.807) is 0 Å². The van der Waals surface area contributed by atoms with E-state index in [-0.39, 0.29) is 6.42 Å². The molecule has 5 N–H and O–H groups in total. The van der Waals surface area contributed by atoms with Gasteiger partial charge in [-0.05, 0) is 20.5 Å². The summed E-state index contributed by atoms with van der Waals surface area (Å²) >= 11 is 0. The molecule has 16 heavy (non-hydrogen) atoms. The molecule has 0 fully saturated rings. The van der Waals surface area contributed by atoms with Gasteiger partial charge in [0.1, 0.15) is 0 Å². The molecule has 0 aromatic heterocycles. The molecule has 0 bridgehead atoms. The zero-order chi connectivity index (χ0) is 13.4. The van der Waals surface area contributed by atoms with Crippen LogP contribution in [-0.4, -0.2) is 54.8 Å². The molecular weight excluding hydrogens is 260 g/mol. The van der Waals surface area contributed by atoms with Crippen LogP contribution in [0.25, 0.3) is 0 Å². The van der Waals surface area contributed by atoms with Crippen LogP contribution < -0.4 is 0 Å². The molecule has 0 aromatic rings. The molecule has 0 aromatic carbocycles. The van der Waals surface area contributed by atoms with Crippen molar-refractivity contribution in [3.63, 3.8) is 0 Å². The average Bonchev–Trinajstić information content (AvgIpc) is 1.99. The summed E-state index contributed by atoms with van der Waals surface area (Å²) in [5.74, 6) is 0. The van der Waals surface area contributed by atoms with E-state index in [1.165, 1.54) is 21.0 Å². The van der Waals surface area contributed by atoms with E-state index in [9.17, 15) is 14.2 Å². The Morgan fingerprint density at radius 3 is 1.50 bits per heavy atom. The molecular formula is C6H17NO7P2. The number of rotatable bonds is 5. The third kappa shape index (κ3) is 2.72. The molecule has 10 heteroatoms. The highest BCUT2D eigenvalue weighted by Gasteiger charge is 2.64. The Morgan fingerprint density at radius 2 is 1.44 bits per heavy atom. The first-order valence-electron chi connectivity index (χ1n) is 4.39. The van der Waals surface area contributed by atoms with Gasteiger partial charge in [0.2, 0.25) is 0 Å². The second-order valence-corrected chi connectivity index (χ2v) is 7.56. The van der Waals surface area contributed by atoms with Gasteiger partial charge < -0.3 is 29.6 Å². The minimum absolute atomic E-state index is 0.0281. The Morgan fingerprint density at radius 1 is 1.12 bits per heavy atom. The Kier molecular flexibility index (Phi) is 4.91. The van der Waals surface area contributed by atoms with Gasteiger partial charge in [-0.25, -0.2) is 0 Å². The second kappa shape index (κ2) is 4.84. The fourth-order valence-electron chi connectivity index (χ4n) is 1.54. The molecule has 8 nitrogen and oxygen atoms in total. The molecule has 0 saturated heterocycles. The van der Waals surface area contributed by atoms with Crippen LogP contribution >= 0.6 is 15.2 Å². The number of aliphatic hydroxyl groups is 1. The van der Waals surface area contributed by atoms with Crippen LogP contribution in [0.1, 0.15) is 13.3 Å². The Hall–Kier alpha value is 0.220. The maximum atomic E-state index is 11.1. The van der Waals surface area contributed by atoms with Gasteiger partial charge in [-0.1, -0.05) is 6.92 Å². The molecule has 0 radical (unpaired) electrons. The van der Waals surface area contributed by atoms with Crippen LogP contribution in [0.4, 0.5) is 0 Å². The lowest BCUT2D eigenvalue weighted by molar-refractivity contribution is 0.0529. The van der Waals surface area contributed by atoms with Crippen molar-refractivity contribution in [2.45, 2.75) is 24.5 Å². The third-order valence-electron chi connectivity index (χ3n) is 2.31. The van der Waals surface area contributed by atoms with Gasteiger partial charge in [0, 0.05) is 0 Å². The number of hydrogen-bond donors (Lipinski definition) is 5. The van der Waals surface area contributed by atoms with E-state index in [2.05, 4.69) is 0 Å². The quantitative estimate of drug-likeness (QED) is 0.417. The van der Waals surface area contributed by atoms with Gasteiger partial charge in [0.25, 0.3) is 5.08 Å². The van der Waals surface area contributed by atoms with Crippen molar-refractivity contribution in [2.75, 3.05) is 14.1 Å². The predicted molar refractivity (Wildman–Crippen MR) is 56.8 cm³/mol. The lowest BCUT2D eigenvalue weighted by atomic mass is 10.2. The molecule has 0 aliphatic carbocycles. The molecule has 0 aliphatic rings. The lowest BCUT2D eigenvalue weighted by Gasteiger charge is -2.39. The van der Waals surface area contributed by atoms with Crippen LogP contribution in [0, 0.1) is 0 Å². The standard InChI is InChI=1S/C6H17NO7P2/c1-4-5(7(2)3)6(8,15(9,10)11)16(12,13)14/h5,8H,4H2,1-3H3,(H2,9,10,11)(H2,12,13,14). The summed E-state index contributed by atoms with van der Waals surface area (Å²) in [4.78, 5) is 37.0. The molecule has 98 valence electrons. The van der Waals surface area contributed by atoms with Crippen molar-refractivity contribution in [1.29, 1.82) is 0 Å². The Bertz CT molecular complexity index is 310. The third-order valence-corrected chi connectivity index (χ3v) is 6.19. The predicted octanol–water partition coefficient (Wildman–Crippen LogP) is -0.672. The SMILES string of the molecule is CCC(N(C)C)C(O)(P(=O)(O)O)P(=O)(O)O. The zero-order valence-corrected chi connectivity index (χ0v) is 11.0. The minimum Gasteiger partial charge on any atom is -0.366 e. The van der Waals surface area contributed by atoms with Crippen molar-refractivity contribution in [2.24, 2.45) is 0 Å². The van der Waals surface area contributed by atoms with Crippen LogP contribution in [-0.2, 0) is 9.13 Å².